The fraction of sp³-hybridized carbons (Fsp3) is 0.267. The number of Topliss-reactive ketones (excluding diaryl/α,β-unsaturated/α-hetero) is 1. The number of aliphatic hydroxyl groups excluding tert-OH is 1. The van der Waals surface area contributed by atoms with Gasteiger partial charge >= 0.3 is 0 Å². The van der Waals surface area contributed by atoms with Gasteiger partial charge < -0.3 is 29.0 Å². The molecule has 0 bridgehead atoms. The van der Waals surface area contributed by atoms with Gasteiger partial charge in [0.15, 0.2) is 0 Å². The second kappa shape index (κ2) is 10.9. The normalized spacial score (nSPS) is 18.1. The fourth-order valence-electron chi connectivity index (χ4n) is 4.87. The summed E-state index contributed by atoms with van der Waals surface area (Å²) in [6, 6.07) is 18.8. The monoisotopic (exact) mass is 515 g/mol. The van der Waals surface area contributed by atoms with Crippen LogP contribution >= 0.6 is 0 Å². The van der Waals surface area contributed by atoms with Gasteiger partial charge in [0.2, 0.25) is 0 Å². The summed E-state index contributed by atoms with van der Waals surface area (Å²) in [5.74, 6) is 1.00. The van der Waals surface area contributed by atoms with Gasteiger partial charge in [-0.1, -0.05) is 12.1 Å². The van der Waals surface area contributed by atoms with Gasteiger partial charge in [0.05, 0.1) is 39.0 Å². The van der Waals surface area contributed by atoms with E-state index in [1.54, 1.807) is 68.8 Å². The first-order valence-electron chi connectivity index (χ1n) is 12.5. The lowest BCUT2D eigenvalue weighted by atomic mass is 9.94. The Morgan fingerprint density at radius 2 is 1.74 bits per heavy atom. The van der Waals surface area contributed by atoms with E-state index in [0.717, 1.165) is 24.2 Å². The molecule has 2 heterocycles. The molecule has 8 heteroatoms. The Hall–Kier alpha value is -4.46. The smallest absolute Gasteiger partial charge is 0.295 e. The third-order valence-corrected chi connectivity index (χ3v) is 6.79. The molecule has 2 aliphatic rings. The molecule has 0 spiro atoms. The van der Waals surface area contributed by atoms with Gasteiger partial charge in [0.1, 0.15) is 35.4 Å². The molecule has 3 aromatic rings. The topological polar surface area (TPSA) is 94.5 Å². The second-order valence-electron chi connectivity index (χ2n) is 9.07. The fourth-order valence-corrected chi connectivity index (χ4v) is 4.87. The number of fused-ring (bicyclic) bond motifs is 1. The number of ether oxygens (including phenoxy) is 4. The number of amides is 1. The predicted octanol–water partition coefficient (Wildman–Crippen LogP) is 4.53. The zero-order chi connectivity index (χ0) is 26.6. The number of aryl methyl sites for hydroxylation is 1. The van der Waals surface area contributed by atoms with E-state index >= 15 is 0 Å². The van der Waals surface area contributed by atoms with Crippen molar-refractivity contribution in [2.24, 2.45) is 0 Å². The van der Waals surface area contributed by atoms with Crippen molar-refractivity contribution in [2.45, 2.75) is 18.9 Å². The lowest BCUT2D eigenvalue weighted by molar-refractivity contribution is -0.140. The lowest BCUT2D eigenvalue weighted by Crippen LogP contribution is -2.33. The summed E-state index contributed by atoms with van der Waals surface area (Å²) in [6.07, 6.45) is 1.69. The van der Waals surface area contributed by atoms with E-state index in [1.807, 2.05) is 12.1 Å². The van der Waals surface area contributed by atoms with Crippen molar-refractivity contribution in [3.63, 3.8) is 0 Å². The lowest BCUT2D eigenvalue weighted by Gasteiger charge is -2.26. The highest BCUT2D eigenvalue weighted by atomic mass is 16.5. The average Bonchev–Trinajstić information content (AvgIpc) is 3.22. The maximum absolute atomic E-state index is 13.3. The van der Waals surface area contributed by atoms with E-state index in [1.165, 1.54) is 4.90 Å². The van der Waals surface area contributed by atoms with Crippen LogP contribution < -0.4 is 18.9 Å². The molecule has 1 unspecified atom stereocenters. The molecule has 1 fully saturated rings. The average molecular weight is 516 g/mol. The van der Waals surface area contributed by atoms with Gasteiger partial charge in [0, 0.05) is 5.56 Å². The molecule has 0 aliphatic carbocycles. The predicted molar refractivity (Wildman–Crippen MR) is 141 cm³/mol. The van der Waals surface area contributed by atoms with Crippen LogP contribution in [-0.2, 0) is 16.0 Å². The van der Waals surface area contributed by atoms with Crippen LogP contribution in [0.1, 0.15) is 29.2 Å². The molecular formula is C30H29NO7. The van der Waals surface area contributed by atoms with Crippen LogP contribution in [0.5, 0.6) is 23.0 Å². The summed E-state index contributed by atoms with van der Waals surface area (Å²) in [5, 5.41) is 11.4. The minimum Gasteiger partial charge on any atom is -0.507 e. The Morgan fingerprint density at radius 3 is 2.50 bits per heavy atom. The third kappa shape index (κ3) is 4.89. The number of ketones is 1. The van der Waals surface area contributed by atoms with Gasteiger partial charge in [-0.2, -0.15) is 0 Å². The quantitative estimate of drug-likeness (QED) is 0.268. The summed E-state index contributed by atoms with van der Waals surface area (Å²) in [6.45, 7) is 0.932. The molecular weight excluding hydrogens is 486 g/mol. The van der Waals surface area contributed by atoms with E-state index in [-0.39, 0.29) is 24.5 Å². The Labute approximate surface area is 221 Å². The highest BCUT2D eigenvalue weighted by molar-refractivity contribution is 6.46. The molecule has 1 atom stereocenters. The number of aliphatic hydroxyl groups is 1. The molecule has 5 rings (SSSR count). The van der Waals surface area contributed by atoms with Crippen LogP contribution in [0.25, 0.3) is 5.76 Å². The summed E-state index contributed by atoms with van der Waals surface area (Å²) < 4.78 is 22.1. The molecule has 0 saturated carbocycles. The second-order valence-corrected chi connectivity index (χ2v) is 9.07. The molecule has 196 valence electrons. The van der Waals surface area contributed by atoms with Crippen molar-refractivity contribution < 1.29 is 33.6 Å². The summed E-state index contributed by atoms with van der Waals surface area (Å²) in [5.41, 5.74) is 2.11. The summed E-state index contributed by atoms with van der Waals surface area (Å²) >= 11 is 0. The van der Waals surface area contributed by atoms with E-state index in [0.29, 0.717) is 35.0 Å². The van der Waals surface area contributed by atoms with Gasteiger partial charge in [-0.05, 0) is 78.6 Å². The number of carbonyl (C=O) groups excluding carboxylic acids is 2. The molecule has 1 saturated heterocycles. The zero-order valence-corrected chi connectivity index (χ0v) is 21.3. The Morgan fingerprint density at radius 1 is 0.974 bits per heavy atom. The van der Waals surface area contributed by atoms with Crippen molar-refractivity contribution in [3.8, 4) is 23.0 Å². The van der Waals surface area contributed by atoms with E-state index in [4.69, 9.17) is 18.9 Å². The van der Waals surface area contributed by atoms with Crippen molar-refractivity contribution >= 4 is 17.4 Å². The number of carbonyl (C=O) groups is 2. The molecule has 38 heavy (non-hydrogen) atoms. The Balaban J connectivity index is 1.49. The van der Waals surface area contributed by atoms with Crippen LogP contribution in [0.15, 0.2) is 72.3 Å². The van der Waals surface area contributed by atoms with Crippen LogP contribution in [-0.4, -0.2) is 55.7 Å². The number of methoxy groups -OCH3 is 2. The van der Waals surface area contributed by atoms with Gasteiger partial charge in [-0.25, -0.2) is 0 Å². The summed E-state index contributed by atoms with van der Waals surface area (Å²) in [4.78, 5) is 28.0. The van der Waals surface area contributed by atoms with Gasteiger partial charge in [-0.15, -0.1) is 0 Å². The number of benzene rings is 3. The largest absolute Gasteiger partial charge is 0.507 e. The molecule has 0 aromatic heterocycles. The molecule has 1 amide bonds. The molecule has 0 radical (unpaired) electrons. The van der Waals surface area contributed by atoms with Crippen molar-refractivity contribution in [3.05, 3.63) is 89.0 Å². The first-order chi connectivity index (χ1) is 18.5. The van der Waals surface area contributed by atoms with Crippen molar-refractivity contribution in [1.29, 1.82) is 0 Å². The molecule has 1 N–H and O–H groups in total. The SMILES string of the molecule is COc1ccc(OCCN2C(=O)C(=O)/C(=C(\O)c3ccc4c(c3)CCCO4)C2c2cccc(OC)c2)cc1. The number of hydrogen-bond donors (Lipinski definition) is 1. The van der Waals surface area contributed by atoms with Crippen LogP contribution in [0.4, 0.5) is 0 Å². The van der Waals surface area contributed by atoms with Crippen LogP contribution in [0.2, 0.25) is 0 Å². The van der Waals surface area contributed by atoms with E-state index in [2.05, 4.69) is 0 Å². The number of nitrogens with zero attached hydrogens (tertiary/aromatic N) is 1. The highest BCUT2D eigenvalue weighted by Crippen LogP contribution is 2.41. The van der Waals surface area contributed by atoms with Gasteiger partial charge in [0.25, 0.3) is 11.7 Å². The molecule has 3 aromatic carbocycles. The van der Waals surface area contributed by atoms with Crippen LogP contribution in [0.3, 0.4) is 0 Å². The molecule has 8 nitrogen and oxygen atoms in total. The maximum atomic E-state index is 13.3. The van der Waals surface area contributed by atoms with Crippen LogP contribution in [0, 0.1) is 0 Å². The maximum Gasteiger partial charge on any atom is 0.295 e. The zero-order valence-electron chi connectivity index (χ0n) is 21.3. The van der Waals surface area contributed by atoms with Crippen molar-refractivity contribution in [1.82, 2.24) is 4.90 Å². The Bertz CT molecular complexity index is 1380. The minimum absolute atomic E-state index is 0.0318. The van der Waals surface area contributed by atoms with E-state index in [9.17, 15) is 14.7 Å². The van der Waals surface area contributed by atoms with Crippen molar-refractivity contribution in [2.75, 3.05) is 34.0 Å². The Kier molecular flexibility index (Phi) is 7.22. The first-order valence-corrected chi connectivity index (χ1v) is 12.5. The first kappa shape index (κ1) is 25.2. The number of rotatable bonds is 8. The molecule has 2 aliphatic heterocycles. The van der Waals surface area contributed by atoms with Gasteiger partial charge in [-0.3, -0.25) is 9.59 Å². The highest BCUT2D eigenvalue weighted by Gasteiger charge is 2.46. The third-order valence-electron chi connectivity index (χ3n) is 6.79. The van der Waals surface area contributed by atoms with E-state index < -0.39 is 17.7 Å². The summed E-state index contributed by atoms with van der Waals surface area (Å²) in [7, 11) is 3.14. The number of hydrogen-bond acceptors (Lipinski definition) is 7. The standard InChI is InChI=1S/C30H29NO7/c1-35-22-9-11-23(12-10-22)37-16-14-31-27(20-5-3-7-24(18-20)36-2)26(29(33)30(31)34)28(32)21-8-13-25-19(17-21)6-4-15-38-25/h3,5,7-13,17-18,27,32H,4,6,14-16H2,1-2H3/b28-26-. The minimum atomic E-state index is -0.808. The number of likely N-dealkylation sites (tertiary alicyclic amines) is 1.